The van der Waals surface area contributed by atoms with Crippen LogP contribution in [0.5, 0.6) is 0 Å². The van der Waals surface area contributed by atoms with Crippen LogP contribution in [0.3, 0.4) is 0 Å². The monoisotopic (exact) mass is 287 g/mol. The van der Waals surface area contributed by atoms with Gasteiger partial charge in [-0.3, -0.25) is 4.98 Å². The predicted molar refractivity (Wildman–Crippen MR) is 86.4 cm³/mol. The summed E-state index contributed by atoms with van der Waals surface area (Å²) in [5, 5.41) is 3.53. The van der Waals surface area contributed by atoms with Crippen LogP contribution in [0.1, 0.15) is 37.6 Å². The first kappa shape index (κ1) is 15.6. The lowest BCUT2D eigenvalue weighted by Gasteiger charge is -2.25. The molecule has 4 nitrogen and oxygen atoms in total. The van der Waals surface area contributed by atoms with Gasteiger partial charge in [0.2, 0.25) is 0 Å². The van der Waals surface area contributed by atoms with Crippen molar-refractivity contribution >= 4 is 5.69 Å². The number of furan rings is 1. The second-order valence-corrected chi connectivity index (χ2v) is 6.55. The molecule has 1 N–H and O–H groups in total. The summed E-state index contributed by atoms with van der Waals surface area (Å²) in [5.41, 5.74) is 4.71. The molecule has 114 valence electrons. The Kier molecular flexibility index (Phi) is 4.68. The van der Waals surface area contributed by atoms with Gasteiger partial charge in [-0.05, 0) is 39.8 Å². The molecule has 0 unspecified atom stereocenters. The Bertz CT molecular complexity index is 570. The lowest BCUT2D eigenvalue weighted by molar-refractivity contribution is 0.424. The zero-order chi connectivity index (χ0) is 15.5. The highest BCUT2D eigenvalue weighted by atomic mass is 16.3. The Morgan fingerprint density at radius 2 is 2.10 bits per heavy atom. The largest absolute Gasteiger partial charge is 0.472 e. The summed E-state index contributed by atoms with van der Waals surface area (Å²) in [6.07, 6.45) is 5.47. The van der Waals surface area contributed by atoms with E-state index in [1.807, 2.05) is 19.2 Å². The Hall–Kier alpha value is -1.81. The molecule has 0 radical (unpaired) electrons. The number of anilines is 1. The van der Waals surface area contributed by atoms with Crippen LogP contribution in [-0.4, -0.2) is 17.6 Å². The summed E-state index contributed by atoms with van der Waals surface area (Å²) in [6.45, 7) is 10.2. The van der Waals surface area contributed by atoms with E-state index in [0.717, 1.165) is 18.8 Å². The van der Waals surface area contributed by atoms with E-state index < -0.39 is 0 Å². The van der Waals surface area contributed by atoms with Gasteiger partial charge in [0.1, 0.15) is 0 Å². The maximum absolute atomic E-state index is 5.15. The number of pyridine rings is 1. The van der Waals surface area contributed by atoms with Crippen molar-refractivity contribution < 1.29 is 4.42 Å². The van der Waals surface area contributed by atoms with Crippen molar-refractivity contribution in [2.45, 2.75) is 46.3 Å². The molecule has 0 atom stereocenters. The standard InChI is InChI=1S/C17H25N3O/c1-13-8-16(20(5)11-14-6-7-21-12-14)15(9-18-13)10-19-17(2,3)4/h6-9,12,19H,10-11H2,1-5H3. The van der Waals surface area contributed by atoms with Crippen LogP contribution < -0.4 is 10.2 Å². The molecule has 2 heterocycles. The summed E-state index contributed by atoms with van der Waals surface area (Å²) in [5.74, 6) is 0. The van der Waals surface area contributed by atoms with Crippen molar-refractivity contribution in [3.8, 4) is 0 Å². The van der Waals surface area contributed by atoms with Crippen molar-refractivity contribution in [3.05, 3.63) is 47.7 Å². The van der Waals surface area contributed by atoms with E-state index in [2.05, 4.69) is 49.1 Å². The zero-order valence-corrected chi connectivity index (χ0v) is 13.6. The molecule has 0 aliphatic rings. The molecule has 0 aromatic carbocycles. The first-order valence-electron chi connectivity index (χ1n) is 7.28. The molecule has 4 heteroatoms. The minimum atomic E-state index is 0.0886. The molecule has 0 aliphatic carbocycles. The van der Waals surface area contributed by atoms with Gasteiger partial charge in [0, 0.05) is 54.4 Å². The first-order valence-corrected chi connectivity index (χ1v) is 7.28. The van der Waals surface area contributed by atoms with Gasteiger partial charge in [0.05, 0.1) is 12.5 Å². The molecule has 2 rings (SSSR count). The van der Waals surface area contributed by atoms with E-state index in [4.69, 9.17) is 4.42 Å². The molecule has 0 spiro atoms. The van der Waals surface area contributed by atoms with Crippen LogP contribution in [0.15, 0.2) is 35.3 Å². The van der Waals surface area contributed by atoms with Gasteiger partial charge in [-0.1, -0.05) is 0 Å². The second kappa shape index (κ2) is 6.31. The zero-order valence-electron chi connectivity index (χ0n) is 13.6. The number of hydrogen-bond donors (Lipinski definition) is 1. The average molecular weight is 287 g/mol. The Morgan fingerprint density at radius 1 is 1.33 bits per heavy atom. The van der Waals surface area contributed by atoms with Crippen LogP contribution in [0.25, 0.3) is 0 Å². The van der Waals surface area contributed by atoms with Crippen LogP contribution in [0, 0.1) is 6.92 Å². The molecule has 2 aromatic heterocycles. The summed E-state index contributed by atoms with van der Waals surface area (Å²) in [6, 6.07) is 4.14. The van der Waals surface area contributed by atoms with Gasteiger partial charge >= 0.3 is 0 Å². The highest BCUT2D eigenvalue weighted by Crippen LogP contribution is 2.22. The first-order chi connectivity index (χ1) is 9.85. The number of nitrogens with one attached hydrogen (secondary N) is 1. The third-order valence-electron chi connectivity index (χ3n) is 3.32. The maximum Gasteiger partial charge on any atom is 0.0952 e. The molecular formula is C17H25N3O. The van der Waals surface area contributed by atoms with E-state index in [1.54, 1.807) is 12.5 Å². The summed E-state index contributed by atoms with van der Waals surface area (Å²) >= 11 is 0. The summed E-state index contributed by atoms with van der Waals surface area (Å²) in [7, 11) is 2.10. The molecule has 0 bridgehead atoms. The summed E-state index contributed by atoms with van der Waals surface area (Å²) < 4.78 is 5.15. The van der Waals surface area contributed by atoms with E-state index in [0.29, 0.717) is 0 Å². The Morgan fingerprint density at radius 3 is 2.71 bits per heavy atom. The molecule has 0 amide bonds. The van der Waals surface area contributed by atoms with Crippen LogP contribution >= 0.6 is 0 Å². The minimum absolute atomic E-state index is 0.0886. The molecule has 0 saturated carbocycles. The number of rotatable bonds is 5. The van der Waals surface area contributed by atoms with Crippen molar-refractivity contribution in [1.29, 1.82) is 0 Å². The van der Waals surface area contributed by atoms with Crippen LogP contribution in [0.2, 0.25) is 0 Å². The van der Waals surface area contributed by atoms with Gasteiger partial charge < -0.3 is 14.6 Å². The minimum Gasteiger partial charge on any atom is -0.472 e. The number of hydrogen-bond acceptors (Lipinski definition) is 4. The smallest absolute Gasteiger partial charge is 0.0952 e. The third-order valence-corrected chi connectivity index (χ3v) is 3.32. The highest BCUT2D eigenvalue weighted by molar-refractivity contribution is 5.53. The quantitative estimate of drug-likeness (QED) is 0.913. The average Bonchev–Trinajstić information content (AvgIpc) is 2.89. The molecule has 0 saturated heterocycles. The fraction of sp³-hybridized carbons (Fsp3) is 0.471. The van der Waals surface area contributed by atoms with E-state index in [-0.39, 0.29) is 5.54 Å². The second-order valence-electron chi connectivity index (χ2n) is 6.55. The van der Waals surface area contributed by atoms with Gasteiger partial charge in [0.25, 0.3) is 0 Å². The molecule has 0 aliphatic heterocycles. The molecule has 21 heavy (non-hydrogen) atoms. The Balaban J connectivity index is 2.18. The van der Waals surface area contributed by atoms with Crippen LogP contribution in [0.4, 0.5) is 5.69 Å². The van der Waals surface area contributed by atoms with Crippen molar-refractivity contribution in [3.63, 3.8) is 0 Å². The number of aromatic nitrogens is 1. The van der Waals surface area contributed by atoms with E-state index in [1.165, 1.54) is 16.8 Å². The lowest BCUT2D eigenvalue weighted by Crippen LogP contribution is -2.35. The van der Waals surface area contributed by atoms with Gasteiger partial charge in [0.15, 0.2) is 0 Å². The van der Waals surface area contributed by atoms with Gasteiger partial charge in [-0.2, -0.15) is 0 Å². The predicted octanol–water partition coefficient (Wildman–Crippen LogP) is 3.51. The highest BCUT2D eigenvalue weighted by Gasteiger charge is 2.13. The van der Waals surface area contributed by atoms with Crippen molar-refractivity contribution in [2.75, 3.05) is 11.9 Å². The summed E-state index contributed by atoms with van der Waals surface area (Å²) in [4.78, 5) is 6.67. The van der Waals surface area contributed by atoms with Gasteiger partial charge in [-0.25, -0.2) is 0 Å². The molecule has 2 aromatic rings. The molecular weight excluding hydrogens is 262 g/mol. The number of aryl methyl sites for hydroxylation is 1. The lowest BCUT2D eigenvalue weighted by atomic mass is 10.1. The van der Waals surface area contributed by atoms with E-state index in [9.17, 15) is 0 Å². The maximum atomic E-state index is 5.15. The van der Waals surface area contributed by atoms with E-state index >= 15 is 0 Å². The van der Waals surface area contributed by atoms with Crippen molar-refractivity contribution in [1.82, 2.24) is 10.3 Å². The molecule has 0 fully saturated rings. The number of nitrogens with zero attached hydrogens (tertiary/aromatic N) is 2. The fourth-order valence-corrected chi connectivity index (χ4v) is 2.17. The third kappa shape index (κ3) is 4.60. The topological polar surface area (TPSA) is 41.3 Å². The SMILES string of the molecule is Cc1cc(N(C)Cc2ccoc2)c(CNC(C)(C)C)cn1. The Labute approximate surface area is 127 Å². The normalized spacial score (nSPS) is 11.7. The fourth-order valence-electron chi connectivity index (χ4n) is 2.17. The van der Waals surface area contributed by atoms with Gasteiger partial charge in [-0.15, -0.1) is 0 Å². The van der Waals surface area contributed by atoms with Crippen LogP contribution in [-0.2, 0) is 13.1 Å². The van der Waals surface area contributed by atoms with Crippen molar-refractivity contribution in [2.24, 2.45) is 0 Å².